The lowest BCUT2D eigenvalue weighted by Gasteiger charge is -2.16. The lowest BCUT2D eigenvalue weighted by molar-refractivity contribution is -0.144. The van der Waals surface area contributed by atoms with E-state index in [9.17, 15) is 18.0 Å². The highest BCUT2D eigenvalue weighted by atomic mass is 19.4. The van der Waals surface area contributed by atoms with Crippen molar-refractivity contribution in [1.82, 2.24) is 20.3 Å². The fourth-order valence-electron chi connectivity index (χ4n) is 2.19. The van der Waals surface area contributed by atoms with Crippen molar-refractivity contribution < 1.29 is 18.0 Å². The fourth-order valence-corrected chi connectivity index (χ4v) is 2.19. The molecule has 24 heavy (non-hydrogen) atoms. The lowest BCUT2D eigenvalue weighted by Crippen LogP contribution is -2.28. The first kappa shape index (κ1) is 17.8. The predicted octanol–water partition coefficient (Wildman–Crippen LogP) is 3.37. The molecule has 0 radical (unpaired) electrons. The molecule has 5 nitrogen and oxygen atoms in total. The number of pyridine rings is 1. The summed E-state index contributed by atoms with van der Waals surface area (Å²) in [5.74, 6) is -0.133. The quantitative estimate of drug-likeness (QED) is 0.908. The molecular weight excluding hydrogens is 321 g/mol. The maximum atomic E-state index is 12.1. The minimum Gasteiger partial charge on any atom is -0.349 e. The number of hydrogen-bond donors (Lipinski definition) is 1. The van der Waals surface area contributed by atoms with Crippen LogP contribution >= 0.6 is 0 Å². The Balaban J connectivity index is 2.05. The summed E-state index contributed by atoms with van der Waals surface area (Å²) in [5.41, 5.74) is 2.12. The number of nitrogens with one attached hydrogen (secondary N) is 1. The molecule has 0 aromatic carbocycles. The van der Waals surface area contributed by atoms with Crippen LogP contribution < -0.4 is 5.32 Å². The Morgan fingerprint density at radius 2 is 1.96 bits per heavy atom. The van der Waals surface area contributed by atoms with Crippen molar-refractivity contribution in [2.24, 2.45) is 0 Å². The Hall–Kier alpha value is -2.51. The molecule has 0 saturated carbocycles. The Kier molecular flexibility index (Phi) is 5.48. The Bertz CT molecular complexity index is 704. The van der Waals surface area contributed by atoms with Crippen LogP contribution in [0, 0.1) is 6.92 Å². The van der Waals surface area contributed by atoms with Crippen LogP contribution in [0.5, 0.6) is 0 Å². The molecule has 2 aromatic rings. The zero-order chi connectivity index (χ0) is 17.7. The maximum Gasteiger partial charge on any atom is 0.389 e. The Labute approximate surface area is 137 Å². The molecule has 0 unspecified atom stereocenters. The molecule has 0 fully saturated rings. The third-order valence-electron chi connectivity index (χ3n) is 3.44. The molecule has 0 spiro atoms. The summed E-state index contributed by atoms with van der Waals surface area (Å²) < 4.78 is 36.4. The fraction of sp³-hybridized carbons (Fsp3) is 0.375. The molecule has 0 saturated heterocycles. The standard InChI is InChI=1S/C16H17F3N4O/c1-10(22-14(24)3-6-16(17,18)19)13-9-21-15(23-11(13)2)12-4-7-20-8-5-12/h4-5,7-10H,3,6H2,1-2H3,(H,22,24)/t10-/m0/s1. The molecule has 0 aliphatic rings. The average Bonchev–Trinajstić information content (AvgIpc) is 2.53. The number of halogens is 3. The number of amides is 1. The second-order valence-corrected chi connectivity index (χ2v) is 5.37. The Morgan fingerprint density at radius 1 is 1.29 bits per heavy atom. The molecule has 0 bridgehead atoms. The first-order chi connectivity index (χ1) is 11.3. The number of aryl methyl sites for hydroxylation is 1. The molecule has 2 heterocycles. The Morgan fingerprint density at radius 3 is 2.54 bits per heavy atom. The van der Waals surface area contributed by atoms with Gasteiger partial charge in [0.25, 0.3) is 0 Å². The van der Waals surface area contributed by atoms with Gasteiger partial charge in [-0.1, -0.05) is 0 Å². The first-order valence-electron chi connectivity index (χ1n) is 7.36. The van der Waals surface area contributed by atoms with Crippen molar-refractivity contribution in [1.29, 1.82) is 0 Å². The minimum absolute atomic E-state index is 0.475. The third-order valence-corrected chi connectivity index (χ3v) is 3.44. The molecule has 2 rings (SSSR count). The summed E-state index contributed by atoms with van der Waals surface area (Å²) in [4.78, 5) is 24.2. The summed E-state index contributed by atoms with van der Waals surface area (Å²) in [7, 11) is 0. The number of nitrogens with zero attached hydrogens (tertiary/aromatic N) is 3. The van der Waals surface area contributed by atoms with Crippen LogP contribution in [0.1, 0.15) is 37.1 Å². The summed E-state index contributed by atoms with van der Waals surface area (Å²) in [6.45, 7) is 3.45. The minimum atomic E-state index is -4.34. The topological polar surface area (TPSA) is 67.8 Å². The van der Waals surface area contributed by atoms with Crippen LogP contribution in [-0.4, -0.2) is 27.0 Å². The summed E-state index contributed by atoms with van der Waals surface area (Å²) >= 11 is 0. The number of hydrogen-bond acceptors (Lipinski definition) is 4. The highest BCUT2D eigenvalue weighted by Gasteiger charge is 2.28. The van der Waals surface area contributed by atoms with E-state index in [1.54, 1.807) is 44.6 Å². The second-order valence-electron chi connectivity index (χ2n) is 5.37. The van der Waals surface area contributed by atoms with Gasteiger partial charge in [-0.2, -0.15) is 13.2 Å². The van der Waals surface area contributed by atoms with Gasteiger partial charge < -0.3 is 5.32 Å². The number of alkyl halides is 3. The van der Waals surface area contributed by atoms with Crippen molar-refractivity contribution in [3.05, 3.63) is 42.0 Å². The molecule has 0 aliphatic carbocycles. The van der Waals surface area contributed by atoms with E-state index < -0.39 is 31.0 Å². The van der Waals surface area contributed by atoms with Crippen molar-refractivity contribution in [2.45, 2.75) is 38.9 Å². The number of aromatic nitrogens is 3. The van der Waals surface area contributed by atoms with Gasteiger partial charge in [0, 0.05) is 41.8 Å². The highest BCUT2D eigenvalue weighted by Crippen LogP contribution is 2.22. The van der Waals surface area contributed by atoms with E-state index in [2.05, 4.69) is 20.3 Å². The van der Waals surface area contributed by atoms with Crippen LogP contribution in [-0.2, 0) is 4.79 Å². The first-order valence-corrected chi connectivity index (χ1v) is 7.36. The van der Waals surface area contributed by atoms with Crippen molar-refractivity contribution >= 4 is 5.91 Å². The average molecular weight is 338 g/mol. The van der Waals surface area contributed by atoms with Gasteiger partial charge in [-0.3, -0.25) is 9.78 Å². The molecule has 2 aromatic heterocycles. The van der Waals surface area contributed by atoms with E-state index in [4.69, 9.17) is 0 Å². The zero-order valence-electron chi connectivity index (χ0n) is 13.3. The van der Waals surface area contributed by atoms with Crippen molar-refractivity contribution in [2.75, 3.05) is 0 Å². The monoisotopic (exact) mass is 338 g/mol. The number of carbonyl (C=O) groups is 1. The van der Waals surface area contributed by atoms with E-state index >= 15 is 0 Å². The van der Waals surface area contributed by atoms with E-state index in [1.807, 2.05) is 0 Å². The van der Waals surface area contributed by atoms with Gasteiger partial charge in [-0.25, -0.2) is 9.97 Å². The number of rotatable bonds is 5. The summed E-state index contributed by atoms with van der Waals surface area (Å²) in [5, 5.41) is 2.54. The van der Waals surface area contributed by atoms with E-state index in [-0.39, 0.29) is 0 Å². The second kappa shape index (κ2) is 7.37. The molecule has 1 amide bonds. The van der Waals surface area contributed by atoms with E-state index in [0.29, 0.717) is 17.1 Å². The maximum absolute atomic E-state index is 12.1. The van der Waals surface area contributed by atoms with Crippen LogP contribution in [0.25, 0.3) is 11.4 Å². The number of carbonyl (C=O) groups excluding carboxylic acids is 1. The molecular formula is C16H17F3N4O. The van der Waals surface area contributed by atoms with Gasteiger partial charge in [0.1, 0.15) is 0 Å². The SMILES string of the molecule is Cc1nc(-c2ccncc2)ncc1[C@H](C)NC(=O)CCC(F)(F)F. The third kappa shape index (κ3) is 5.00. The summed E-state index contributed by atoms with van der Waals surface area (Å²) in [6.07, 6.45) is -1.24. The molecule has 8 heteroatoms. The molecule has 1 N–H and O–H groups in total. The van der Waals surface area contributed by atoms with Gasteiger partial charge in [-0.05, 0) is 26.0 Å². The lowest BCUT2D eigenvalue weighted by atomic mass is 10.1. The van der Waals surface area contributed by atoms with Crippen LogP contribution in [0.3, 0.4) is 0 Å². The molecule has 128 valence electrons. The van der Waals surface area contributed by atoms with Gasteiger partial charge in [0.15, 0.2) is 5.82 Å². The van der Waals surface area contributed by atoms with Gasteiger partial charge in [0.05, 0.1) is 12.5 Å². The van der Waals surface area contributed by atoms with E-state index in [1.165, 1.54) is 0 Å². The van der Waals surface area contributed by atoms with Crippen molar-refractivity contribution in [3.8, 4) is 11.4 Å². The van der Waals surface area contributed by atoms with Crippen LogP contribution in [0.2, 0.25) is 0 Å². The normalized spacial score (nSPS) is 12.7. The van der Waals surface area contributed by atoms with Gasteiger partial charge in [-0.15, -0.1) is 0 Å². The van der Waals surface area contributed by atoms with Gasteiger partial charge in [0.2, 0.25) is 5.91 Å². The predicted molar refractivity (Wildman–Crippen MR) is 81.8 cm³/mol. The van der Waals surface area contributed by atoms with Crippen LogP contribution in [0.15, 0.2) is 30.7 Å². The summed E-state index contributed by atoms with van der Waals surface area (Å²) in [6, 6.07) is 3.07. The van der Waals surface area contributed by atoms with Crippen LogP contribution in [0.4, 0.5) is 13.2 Å². The van der Waals surface area contributed by atoms with Gasteiger partial charge >= 0.3 is 6.18 Å². The largest absolute Gasteiger partial charge is 0.389 e. The molecule has 1 atom stereocenters. The van der Waals surface area contributed by atoms with Crippen molar-refractivity contribution in [3.63, 3.8) is 0 Å². The highest BCUT2D eigenvalue weighted by molar-refractivity contribution is 5.76. The molecule has 0 aliphatic heterocycles. The van der Waals surface area contributed by atoms with E-state index in [0.717, 1.165) is 5.56 Å². The zero-order valence-corrected chi connectivity index (χ0v) is 13.3. The smallest absolute Gasteiger partial charge is 0.349 e.